The molecule has 1 atom stereocenters. The molecule has 1 unspecified atom stereocenters. The lowest BCUT2D eigenvalue weighted by Gasteiger charge is -2.29. The van der Waals surface area contributed by atoms with E-state index in [2.05, 4.69) is 22.9 Å². The average molecular weight is 243 g/mol. The van der Waals surface area contributed by atoms with Gasteiger partial charge in [-0.25, -0.2) is 4.98 Å². The van der Waals surface area contributed by atoms with E-state index < -0.39 is 0 Å². The van der Waals surface area contributed by atoms with Crippen molar-refractivity contribution >= 4 is 0 Å². The minimum atomic E-state index is 0.580. The first-order valence-corrected chi connectivity index (χ1v) is 6.93. The molecule has 0 radical (unpaired) electrons. The van der Waals surface area contributed by atoms with E-state index in [1.165, 1.54) is 32.1 Å². The van der Waals surface area contributed by atoms with Gasteiger partial charge in [0, 0.05) is 24.3 Å². The molecule has 0 saturated carbocycles. The van der Waals surface area contributed by atoms with Crippen LogP contribution in [0.1, 0.15) is 50.3 Å². The fourth-order valence-electron chi connectivity index (χ4n) is 2.79. The van der Waals surface area contributed by atoms with E-state index >= 15 is 0 Å². The summed E-state index contributed by atoms with van der Waals surface area (Å²) in [6.07, 6.45) is 8.14. The quantitative estimate of drug-likeness (QED) is 0.819. The van der Waals surface area contributed by atoms with E-state index in [1.807, 2.05) is 12.1 Å². The average Bonchev–Trinajstić information content (AvgIpc) is 2.64. The predicted octanol–water partition coefficient (Wildman–Crippen LogP) is 3.11. The van der Waals surface area contributed by atoms with Crippen molar-refractivity contribution in [3.63, 3.8) is 0 Å². The zero-order chi connectivity index (χ0) is 12.8. The Bertz CT molecular complexity index is 422. The van der Waals surface area contributed by atoms with E-state index in [0.717, 1.165) is 18.7 Å². The minimum absolute atomic E-state index is 0.580. The molecule has 3 nitrogen and oxygen atoms in total. The molecule has 0 aliphatic carbocycles. The summed E-state index contributed by atoms with van der Waals surface area (Å²) < 4.78 is 0. The highest BCUT2D eigenvalue weighted by Gasteiger charge is 2.20. The molecule has 96 valence electrons. The Morgan fingerprint density at radius 3 is 3.11 bits per heavy atom. The fourth-order valence-corrected chi connectivity index (χ4v) is 2.79. The van der Waals surface area contributed by atoms with Gasteiger partial charge in [-0.3, -0.25) is 4.90 Å². The standard InChI is InChI=1S/C15H21N3/c1-2-14-8-4-3-5-10-18(14)12-13-7-6-9-17-15(13)11-16/h6-7,9,14H,2-5,8,10,12H2,1H3. The van der Waals surface area contributed by atoms with Gasteiger partial charge in [-0.15, -0.1) is 0 Å². The Hall–Kier alpha value is -1.40. The number of aromatic nitrogens is 1. The smallest absolute Gasteiger partial charge is 0.144 e. The van der Waals surface area contributed by atoms with Gasteiger partial charge >= 0.3 is 0 Å². The van der Waals surface area contributed by atoms with Crippen LogP contribution in [0.25, 0.3) is 0 Å². The summed E-state index contributed by atoms with van der Waals surface area (Å²) in [5.41, 5.74) is 1.65. The molecular weight excluding hydrogens is 222 g/mol. The number of hydrogen-bond donors (Lipinski definition) is 0. The van der Waals surface area contributed by atoms with Gasteiger partial charge in [0.05, 0.1) is 0 Å². The maximum Gasteiger partial charge on any atom is 0.144 e. The highest BCUT2D eigenvalue weighted by molar-refractivity contribution is 5.30. The maximum atomic E-state index is 9.10. The molecule has 0 amide bonds. The monoisotopic (exact) mass is 243 g/mol. The SMILES string of the molecule is CCC1CCCCCN1Cc1cccnc1C#N. The number of nitrogens with zero attached hydrogens (tertiary/aromatic N) is 3. The lowest BCUT2D eigenvalue weighted by atomic mass is 10.1. The van der Waals surface area contributed by atoms with Crippen LogP contribution in [-0.2, 0) is 6.54 Å². The summed E-state index contributed by atoms with van der Waals surface area (Å²) >= 11 is 0. The Balaban J connectivity index is 2.13. The third-order valence-electron chi connectivity index (χ3n) is 3.84. The largest absolute Gasteiger partial charge is 0.296 e. The van der Waals surface area contributed by atoms with Gasteiger partial charge < -0.3 is 0 Å². The maximum absolute atomic E-state index is 9.10. The third-order valence-corrected chi connectivity index (χ3v) is 3.84. The number of rotatable bonds is 3. The highest BCUT2D eigenvalue weighted by atomic mass is 15.2. The van der Waals surface area contributed by atoms with E-state index in [0.29, 0.717) is 11.7 Å². The third kappa shape index (κ3) is 3.08. The lowest BCUT2D eigenvalue weighted by Crippen LogP contribution is -2.34. The second-order valence-electron chi connectivity index (χ2n) is 5.00. The first-order valence-electron chi connectivity index (χ1n) is 6.93. The van der Waals surface area contributed by atoms with Crippen molar-refractivity contribution in [2.45, 2.75) is 51.6 Å². The number of hydrogen-bond acceptors (Lipinski definition) is 3. The van der Waals surface area contributed by atoms with Gasteiger partial charge in [-0.2, -0.15) is 5.26 Å². The Morgan fingerprint density at radius 2 is 2.33 bits per heavy atom. The Labute approximate surface area is 109 Å². The topological polar surface area (TPSA) is 39.9 Å². The van der Waals surface area contributed by atoms with Crippen molar-refractivity contribution in [3.05, 3.63) is 29.6 Å². The van der Waals surface area contributed by atoms with Crippen LogP contribution >= 0.6 is 0 Å². The molecule has 0 aromatic carbocycles. The molecular formula is C15H21N3. The van der Waals surface area contributed by atoms with Crippen LogP contribution in [0.3, 0.4) is 0 Å². The van der Waals surface area contributed by atoms with Crippen molar-refractivity contribution in [1.29, 1.82) is 5.26 Å². The summed E-state index contributed by atoms with van der Waals surface area (Å²) in [6.45, 7) is 4.28. The van der Waals surface area contributed by atoms with Crippen LogP contribution in [-0.4, -0.2) is 22.5 Å². The molecule has 1 aliphatic heterocycles. The molecule has 2 rings (SSSR count). The van der Waals surface area contributed by atoms with E-state index in [1.54, 1.807) is 6.20 Å². The molecule has 3 heteroatoms. The Kier molecular flexibility index (Phi) is 4.72. The number of pyridine rings is 1. The van der Waals surface area contributed by atoms with Gasteiger partial charge in [0.1, 0.15) is 11.8 Å². The van der Waals surface area contributed by atoms with Crippen molar-refractivity contribution in [2.75, 3.05) is 6.54 Å². The van der Waals surface area contributed by atoms with Crippen molar-refractivity contribution < 1.29 is 0 Å². The van der Waals surface area contributed by atoms with Crippen LogP contribution in [0.4, 0.5) is 0 Å². The van der Waals surface area contributed by atoms with Gasteiger partial charge in [-0.05, 0) is 31.9 Å². The van der Waals surface area contributed by atoms with Crippen molar-refractivity contribution in [2.24, 2.45) is 0 Å². The van der Waals surface area contributed by atoms with Gasteiger partial charge in [0.15, 0.2) is 0 Å². The number of nitriles is 1. The van der Waals surface area contributed by atoms with E-state index in [9.17, 15) is 0 Å². The summed E-state index contributed by atoms with van der Waals surface area (Å²) in [4.78, 5) is 6.68. The summed E-state index contributed by atoms with van der Waals surface area (Å²) in [5.74, 6) is 0. The van der Waals surface area contributed by atoms with E-state index in [4.69, 9.17) is 5.26 Å². The second kappa shape index (κ2) is 6.51. The molecule has 1 aliphatic rings. The molecule has 0 spiro atoms. The van der Waals surface area contributed by atoms with Gasteiger partial charge in [-0.1, -0.05) is 25.8 Å². The van der Waals surface area contributed by atoms with Crippen LogP contribution in [0.2, 0.25) is 0 Å². The summed E-state index contributed by atoms with van der Waals surface area (Å²) in [7, 11) is 0. The zero-order valence-corrected chi connectivity index (χ0v) is 11.1. The normalized spacial score (nSPS) is 21.2. The van der Waals surface area contributed by atoms with Crippen LogP contribution in [0.15, 0.2) is 18.3 Å². The first kappa shape index (κ1) is 13.0. The van der Waals surface area contributed by atoms with Crippen LogP contribution < -0.4 is 0 Å². The Morgan fingerprint density at radius 1 is 1.44 bits per heavy atom. The van der Waals surface area contributed by atoms with Crippen molar-refractivity contribution in [3.8, 4) is 6.07 Å². The number of likely N-dealkylation sites (tertiary alicyclic amines) is 1. The predicted molar refractivity (Wildman–Crippen MR) is 71.9 cm³/mol. The highest BCUT2D eigenvalue weighted by Crippen LogP contribution is 2.21. The van der Waals surface area contributed by atoms with Crippen LogP contribution in [0.5, 0.6) is 0 Å². The van der Waals surface area contributed by atoms with Crippen LogP contribution in [0, 0.1) is 11.3 Å². The minimum Gasteiger partial charge on any atom is -0.296 e. The van der Waals surface area contributed by atoms with Gasteiger partial charge in [0.2, 0.25) is 0 Å². The summed E-state index contributed by atoms with van der Waals surface area (Å²) in [5, 5.41) is 9.10. The lowest BCUT2D eigenvalue weighted by molar-refractivity contribution is 0.186. The van der Waals surface area contributed by atoms with Gasteiger partial charge in [0.25, 0.3) is 0 Å². The molecule has 1 fully saturated rings. The first-order chi connectivity index (χ1) is 8.85. The molecule has 1 aromatic heterocycles. The summed E-state index contributed by atoms with van der Waals surface area (Å²) in [6, 6.07) is 6.82. The second-order valence-corrected chi connectivity index (χ2v) is 5.00. The fraction of sp³-hybridized carbons (Fsp3) is 0.600. The molecule has 1 aromatic rings. The van der Waals surface area contributed by atoms with E-state index in [-0.39, 0.29) is 0 Å². The molecule has 18 heavy (non-hydrogen) atoms. The molecule has 0 N–H and O–H groups in total. The zero-order valence-electron chi connectivity index (χ0n) is 11.1. The molecule has 2 heterocycles. The molecule has 0 bridgehead atoms. The van der Waals surface area contributed by atoms with Crippen molar-refractivity contribution in [1.82, 2.24) is 9.88 Å². The molecule has 1 saturated heterocycles.